The van der Waals surface area contributed by atoms with Gasteiger partial charge < -0.3 is 53.5 Å². The maximum absolute atomic E-state index is 7.83. The molecule has 6 heterocycles. The van der Waals surface area contributed by atoms with Crippen LogP contribution in [-0.2, 0) is 53.5 Å². The molecule has 6 rings (SSSR count). The summed E-state index contributed by atoms with van der Waals surface area (Å²) < 4.78 is 101. The average molecular weight is 990 g/mol. The van der Waals surface area contributed by atoms with Gasteiger partial charge in [-0.15, -0.1) is 6.58 Å². The predicted molar refractivity (Wildman–Crippen MR) is 248 cm³/mol. The number of hydrogen-bond donors (Lipinski definition) is 0. The zero-order valence-corrected chi connectivity index (χ0v) is 49.5. The molecule has 8 bridgehead atoms. The van der Waals surface area contributed by atoms with Crippen molar-refractivity contribution < 1.29 is 53.5 Å². The van der Waals surface area contributed by atoms with E-state index in [-0.39, 0.29) is 41.4 Å². The number of hydrogen-bond acceptors (Lipinski definition) is 13. The molecule has 6 saturated heterocycles. The van der Waals surface area contributed by atoms with Crippen LogP contribution in [0.5, 0.6) is 0 Å². The van der Waals surface area contributed by atoms with Crippen molar-refractivity contribution in [2.75, 3.05) is 0 Å². The van der Waals surface area contributed by atoms with Crippen molar-refractivity contribution in [3.8, 4) is 0 Å². The molecule has 0 aromatic rings. The van der Waals surface area contributed by atoms with E-state index in [4.69, 9.17) is 60.1 Å². The average Bonchev–Trinajstić information content (AvgIpc) is 2.88. The molecule has 0 saturated carbocycles. The van der Waals surface area contributed by atoms with Gasteiger partial charge in [-0.2, -0.15) is 0 Å². The van der Waals surface area contributed by atoms with Gasteiger partial charge in [0.15, 0.2) is 0 Å². The van der Waals surface area contributed by atoms with Crippen molar-refractivity contribution in [3.63, 3.8) is 0 Å². The first kappa shape index (κ1) is 50.4. The fourth-order valence-electron chi connectivity index (χ4n) is 8.92. The third-order valence-corrected chi connectivity index (χ3v) is 59.0. The Morgan fingerprint density at radius 1 is 0.362 bits per heavy atom. The lowest BCUT2D eigenvalue weighted by Gasteiger charge is -2.63. The van der Waals surface area contributed by atoms with Crippen LogP contribution in [-0.4, -0.2) is 87.1 Å². The highest BCUT2D eigenvalue weighted by Crippen LogP contribution is 2.56. The van der Waals surface area contributed by atoms with Crippen molar-refractivity contribution in [2.24, 2.45) is 41.4 Å². The first-order valence-corrected chi connectivity index (χ1v) is 43.6. The minimum Gasteiger partial charge on any atom is -0.392 e. The van der Waals surface area contributed by atoms with Crippen molar-refractivity contribution in [3.05, 3.63) is 11.4 Å². The van der Waals surface area contributed by atoms with Crippen molar-refractivity contribution in [2.45, 2.75) is 172 Å². The lowest BCUT2D eigenvalue weighted by atomic mass is 10.3. The molecule has 0 spiro atoms. The molecule has 0 amide bonds. The zero-order valence-electron chi connectivity index (χ0n) is 39.5. The summed E-state index contributed by atoms with van der Waals surface area (Å²) in [6.45, 7) is 46.2. The highest BCUT2D eigenvalue weighted by molar-refractivity contribution is 7.07. The molecule has 13 nitrogen and oxygen atoms in total. The van der Waals surface area contributed by atoms with Crippen LogP contribution in [0.15, 0.2) is 11.4 Å². The molecule has 58 heavy (non-hydrogen) atoms. The van der Waals surface area contributed by atoms with E-state index in [2.05, 4.69) is 130 Å². The van der Waals surface area contributed by atoms with E-state index in [1.807, 2.05) is 0 Å². The maximum Gasteiger partial charge on any atom is 0.646 e. The highest BCUT2D eigenvalue weighted by Gasteiger charge is 2.84. The van der Waals surface area contributed by atoms with Crippen LogP contribution in [0.1, 0.15) is 96.9 Å². The summed E-state index contributed by atoms with van der Waals surface area (Å²) in [5, 5.41) is 0. The third-order valence-electron chi connectivity index (χ3n) is 10.3. The summed E-state index contributed by atoms with van der Waals surface area (Å²) in [7, 11) is -37.6. The molecule has 0 aromatic carbocycles. The minimum atomic E-state index is -4.54. The Kier molecular flexibility index (Phi) is 15.0. The van der Waals surface area contributed by atoms with Gasteiger partial charge in [-0.05, 0) is 54.5 Å². The largest absolute Gasteiger partial charge is 0.646 e. The molecule has 0 aromatic heterocycles. The fraction of sp³-hybridized carbons (Fsp3) is 0.943. The molecule has 0 N–H and O–H groups in total. The first-order valence-electron chi connectivity index (χ1n) is 22.1. The third kappa shape index (κ3) is 11.4. The van der Waals surface area contributed by atoms with Crippen LogP contribution in [0, 0.1) is 41.4 Å². The van der Waals surface area contributed by atoms with Gasteiger partial charge in [0, 0.05) is 42.3 Å². The summed E-state index contributed by atoms with van der Waals surface area (Å²) in [6.07, 6.45) is 0. The van der Waals surface area contributed by atoms with E-state index in [9.17, 15) is 0 Å². The lowest BCUT2D eigenvalue weighted by Crippen LogP contribution is -2.89. The summed E-state index contributed by atoms with van der Waals surface area (Å²) in [5.74, 6) is 0.621. The Morgan fingerprint density at radius 2 is 0.534 bits per heavy atom. The fourth-order valence-corrected chi connectivity index (χ4v) is 69.8. The van der Waals surface area contributed by atoms with Crippen molar-refractivity contribution >= 4 is 87.1 Å². The van der Waals surface area contributed by atoms with Gasteiger partial charge in [-0.3, -0.25) is 0 Å². The molecule has 6 fully saturated rings. The Morgan fingerprint density at radius 3 is 0.690 bits per heavy atom. The number of rotatable bonds is 18. The molecular weight excluding hydrogens is 909 g/mol. The van der Waals surface area contributed by atoms with Crippen LogP contribution in [0.4, 0.5) is 0 Å². The van der Waals surface area contributed by atoms with Gasteiger partial charge in [-0.25, -0.2) is 0 Å². The van der Waals surface area contributed by atoms with E-state index in [1.165, 1.54) is 0 Å². The van der Waals surface area contributed by atoms with E-state index in [1.54, 1.807) is 0 Å². The normalized spacial score (nSPS) is 39.3. The Bertz CT molecular complexity index is 1330. The van der Waals surface area contributed by atoms with Gasteiger partial charge in [0.1, 0.15) is 0 Å². The molecule has 6 aliphatic heterocycles. The summed E-state index contributed by atoms with van der Waals surface area (Å²) in [6, 6.07) is 3.10. The highest BCUT2D eigenvalue weighted by atomic mass is 28.6. The summed E-state index contributed by atoms with van der Waals surface area (Å²) in [5.41, 5.74) is 0. The van der Waals surface area contributed by atoms with Gasteiger partial charge >= 0.3 is 70.7 Å². The van der Waals surface area contributed by atoms with Crippen molar-refractivity contribution in [1.82, 2.24) is 0 Å². The maximum atomic E-state index is 7.83. The molecule has 338 valence electrons. The second-order valence-electron chi connectivity index (χ2n) is 22.0. The molecule has 23 heteroatoms. The predicted octanol–water partition coefficient (Wildman–Crippen LogP) is 10.0. The molecule has 6 aliphatic rings. The smallest absolute Gasteiger partial charge is 0.392 e. The van der Waals surface area contributed by atoms with Gasteiger partial charge in [0.25, 0.3) is 0 Å². The molecule has 0 atom stereocenters. The Labute approximate surface area is 363 Å². The molecule has 0 radical (unpaired) electrons. The van der Waals surface area contributed by atoms with Crippen LogP contribution in [0.3, 0.4) is 0 Å². The Hall–Kier alpha value is 1.39. The zero-order chi connectivity index (χ0) is 43.8. The van der Waals surface area contributed by atoms with Gasteiger partial charge in [0.05, 0.1) is 8.07 Å². The molecule has 0 aliphatic carbocycles. The van der Waals surface area contributed by atoms with E-state index in [0.29, 0.717) is 42.3 Å². The van der Waals surface area contributed by atoms with Crippen LogP contribution in [0.2, 0.25) is 75.0 Å². The summed E-state index contributed by atoms with van der Waals surface area (Å²) in [4.78, 5) is 1.12. The van der Waals surface area contributed by atoms with E-state index < -0.39 is 87.1 Å². The minimum absolute atomic E-state index is 0.0685. The van der Waals surface area contributed by atoms with Gasteiger partial charge in [-0.1, -0.05) is 121 Å². The van der Waals surface area contributed by atoms with Crippen LogP contribution in [0.25, 0.3) is 0 Å². The monoisotopic (exact) mass is 988 g/mol. The molecule has 0 unspecified atom stereocenters. The summed E-state index contributed by atoms with van der Waals surface area (Å²) >= 11 is 0. The van der Waals surface area contributed by atoms with E-state index in [0.717, 1.165) is 4.82 Å². The molecular formula is C35H80O13Si10. The van der Waals surface area contributed by atoms with Crippen molar-refractivity contribution in [1.29, 1.82) is 0 Å². The second kappa shape index (κ2) is 17.3. The standard InChI is InChI=1S/C35H80O13Si10/c1-28(2)21-51-37-52(22-29(3)4)40-55(25-32(9)10)42-53(38-51,23-30(5)6)44-57(27-34(13)14)45-54(39-51,24-31(7)8)43-56(41-52,26-33(11)12)47-58(46-55,48-57)36-50(19,20)35(15)49(16,17)18/h28-34H,15,21-27H2,1-14,16-20H3. The van der Waals surface area contributed by atoms with Crippen LogP contribution >= 0.6 is 0 Å². The SMILES string of the molecule is C=C([Si](C)(C)C)[Si](C)(C)O[Si]12O[Si]3(CC(C)C)O[Si]4(CC(C)C)O[Si]5(CC(C)C)O[Si](CC(C)C)(O3)O[Si](CC(C)C)(O[Si](CC(C)C)(O5)O[Si](CC(C)C)(O4)O1)O2. The topological polar surface area (TPSA) is 120 Å². The Balaban J connectivity index is 2.00. The van der Waals surface area contributed by atoms with Gasteiger partial charge in [0.2, 0.25) is 8.32 Å². The first-order chi connectivity index (χ1) is 26.3. The lowest BCUT2D eigenvalue weighted by molar-refractivity contribution is -0.0502. The van der Waals surface area contributed by atoms with Crippen LogP contribution < -0.4 is 0 Å². The second-order valence-corrected chi connectivity index (χ2v) is 55.3. The quantitative estimate of drug-likeness (QED) is 0.121. The van der Waals surface area contributed by atoms with E-state index >= 15 is 0 Å².